The van der Waals surface area contributed by atoms with E-state index in [2.05, 4.69) is 15.1 Å². The molecule has 5 aromatic rings. The minimum atomic E-state index is -1.45. The van der Waals surface area contributed by atoms with Gasteiger partial charge in [0.15, 0.2) is 0 Å². The number of ether oxygens (including phenoxy) is 2. The number of carbonyl (C=O) groups excluding carboxylic acids is 2. The van der Waals surface area contributed by atoms with Crippen LogP contribution in [0.15, 0.2) is 102 Å². The zero-order valence-corrected chi connectivity index (χ0v) is 32.0. The summed E-state index contributed by atoms with van der Waals surface area (Å²) in [6.07, 6.45) is 0. The van der Waals surface area contributed by atoms with Crippen molar-refractivity contribution in [3.8, 4) is 0 Å². The Kier molecular flexibility index (Phi) is 11.4. The van der Waals surface area contributed by atoms with Gasteiger partial charge in [-0.3, -0.25) is 10.1 Å². The molecule has 0 saturated heterocycles. The molecule has 0 radical (unpaired) electrons. The molecule has 0 bridgehead atoms. The van der Waals surface area contributed by atoms with Gasteiger partial charge < -0.3 is 33.4 Å². The van der Waals surface area contributed by atoms with Crippen LogP contribution in [-0.2, 0) is 19.1 Å². The Balaban J connectivity index is 1.69. The van der Waals surface area contributed by atoms with E-state index in [1.807, 2.05) is 39.8 Å². The molecule has 3 aromatic carbocycles. The van der Waals surface area contributed by atoms with Crippen molar-refractivity contribution in [3.05, 3.63) is 132 Å². The Hall–Kier alpha value is -6.70. The number of anilines is 2. The number of nitro groups is 1. The standard InChI is InChI=1S/C42H42N4O10/c1-7-44(8-2)27-17-15-24-20-30(39(47)55-32(24)22-27)37-35(41(49)53-6)34(26-13-12-14-29(19-26)46(51)52)36(42(50)54-11-5)38(43-37)31-21-25-16-18-28(45(9-3)10-4)23-33(25)56-40(31)48/h12-23,34,43H,7-11H2,1-6H3. The van der Waals surface area contributed by atoms with Gasteiger partial charge in [0.1, 0.15) is 11.2 Å². The molecule has 1 atom stereocenters. The minimum absolute atomic E-state index is 0.0917. The molecule has 2 aromatic heterocycles. The molecule has 1 aliphatic rings. The summed E-state index contributed by atoms with van der Waals surface area (Å²) in [6, 6.07) is 19.3. The number of dihydropyridines is 1. The van der Waals surface area contributed by atoms with Crippen LogP contribution >= 0.6 is 0 Å². The lowest BCUT2D eigenvalue weighted by molar-refractivity contribution is -0.384. The Labute approximate surface area is 321 Å². The first kappa shape index (κ1) is 39.0. The maximum atomic E-state index is 14.2. The second-order valence-corrected chi connectivity index (χ2v) is 12.9. The van der Waals surface area contributed by atoms with Crippen molar-refractivity contribution in [1.82, 2.24) is 5.32 Å². The third-order valence-corrected chi connectivity index (χ3v) is 9.92. The summed E-state index contributed by atoms with van der Waals surface area (Å²) in [5, 5.41) is 16.1. The Morgan fingerprint density at radius 1 is 0.732 bits per heavy atom. The highest BCUT2D eigenvalue weighted by Gasteiger charge is 2.42. The second-order valence-electron chi connectivity index (χ2n) is 12.9. The maximum Gasteiger partial charge on any atom is 0.345 e. The van der Waals surface area contributed by atoms with Gasteiger partial charge >= 0.3 is 23.2 Å². The van der Waals surface area contributed by atoms with Crippen molar-refractivity contribution in [2.75, 3.05) is 49.7 Å². The molecule has 0 aliphatic carbocycles. The van der Waals surface area contributed by atoms with Gasteiger partial charge in [0.25, 0.3) is 5.69 Å². The molecule has 14 nitrogen and oxygen atoms in total. The lowest BCUT2D eigenvalue weighted by Crippen LogP contribution is -2.35. The summed E-state index contributed by atoms with van der Waals surface area (Å²) in [6.45, 7) is 12.4. The third-order valence-electron chi connectivity index (χ3n) is 9.92. The van der Waals surface area contributed by atoms with Gasteiger partial charge in [-0.25, -0.2) is 19.2 Å². The van der Waals surface area contributed by atoms with Crippen LogP contribution in [0.3, 0.4) is 0 Å². The number of hydrogen-bond acceptors (Lipinski definition) is 13. The van der Waals surface area contributed by atoms with Crippen molar-refractivity contribution in [1.29, 1.82) is 0 Å². The molecule has 0 saturated carbocycles. The summed E-state index contributed by atoms with van der Waals surface area (Å²) >= 11 is 0. The van der Waals surface area contributed by atoms with Crippen molar-refractivity contribution in [2.45, 2.75) is 40.5 Å². The van der Waals surface area contributed by atoms with Crippen molar-refractivity contribution >= 4 is 62.3 Å². The van der Waals surface area contributed by atoms with Crippen LogP contribution in [0.5, 0.6) is 0 Å². The summed E-state index contributed by atoms with van der Waals surface area (Å²) < 4.78 is 22.5. The highest BCUT2D eigenvalue weighted by molar-refractivity contribution is 6.11. The number of esters is 2. The van der Waals surface area contributed by atoms with Crippen molar-refractivity contribution < 1.29 is 32.8 Å². The topological polar surface area (TPSA) is 175 Å². The molecular weight excluding hydrogens is 720 g/mol. The highest BCUT2D eigenvalue weighted by Crippen LogP contribution is 2.44. The first-order valence-electron chi connectivity index (χ1n) is 18.4. The van der Waals surface area contributed by atoms with Crippen LogP contribution < -0.4 is 26.4 Å². The van der Waals surface area contributed by atoms with E-state index in [-0.39, 0.29) is 62.7 Å². The Bertz CT molecular complexity index is 2540. The smallest absolute Gasteiger partial charge is 0.345 e. The van der Waals surface area contributed by atoms with Crippen LogP contribution in [0.4, 0.5) is 17.1 Å². The van der Waals surface area contributed by atoms with E-state index in [1.165, 1.54) is 36.4 Å². The van der Waals surface area contributed by atoms with E-state index in [0.29, 0.717) is 10.8 Å². The van der Waals surface area contributed by atoms with Crippen LogP contribution in [-0.4, -0.2) is 56.8 Å². The number of fused-ring (bicyclic) bond motifs is 2. The van der Waals surface area contributed by atoms with E-state index in [1.54, 1.807) is 31.2 Å². The van der Waals surface area contributed by atoms with Gasteiger partial charge in [0, 0.05) is 72.6 Å². The SMILES string of the molecule is CCOC(=O)C1=C(c2cc3ccc(N(CC)CC)cc3oc2=O)NC(c2cc3ccc(N(CC)CC)cc3oc2=O)=C(C(=O)OC)C1c1cccc([N+](=O)[O-])c1. The molecule has 6 rings (SSSR count). The number of rotatable bonds is 13. The van der Waals surface area contributed by atoms with Crippen LogP contribution in [0.1, 0.15) is 57.2 Å². The normalized spacial score (nSPS) is 14.1. The molecule has 1 unspecified atom stereocenters. The van der Waals surface area contributed by atoms with Crippen molar-refractivity contribution in [3.63, 3.8) is 0 Å². The van der Waals surface area contributed by atoms with E-state index < -0.39 is 34.0 Å². The summed E-state index contributed by atoms with van der Waals surface area (Å²) in [5.74, 6) is -3.35. The number of nitro benzene ring substituents is 1. The number of non-ortho nitro benzene ring substituents is 1. The van der Waals surface area contributed by atoms with E-state index >= 15 is 0 Å². The number of carbonyl (C=O) groups is 2. The van der Waals surface area contributed by atoms with E-state index in [9.17, 15) is 29.3 Å². The van der Waals surface area contributed by atoms with Gasteiger partial charge in [-0.1, -0.05) is 12.1 Å². The molecule has 14 heteroatoms. The third kappa shape index (κ3) is 7.25. The molecule has 0 amide bonds. The van der Waals surface area contributed by atoms with Gasteiger partial charge in [0.2, 0.25) is 0 Å². The average molecular weight is 763 g/mol. The maximum absolute atomic E-state index is 14.2. The fourth-order valence-corrected chi connectivity index (χ4v) is 7.15. The zero-order chi connectivity index (χ0) is 40.3. The molecular formula is C42H42N4O10. The fourth-order valence-electron chi connectivity index (χ4n) is 7.15. The minimum Gasteiger partial charge on any atom is -0.466 e. The van der Waals surface area contributed by atoms with Gasteiger partial charge in [-0.15, -0.1) is 0 Å². The second kappa shape index (κ2) is 16.3. The van der Waals surface area contributed by atoms with Crippen LogP contribution in [0.25, 0.3) is 33.3 Å². The summed E-state index contributed by atoms with van der Waals surface area (Å²) in [5.41, 5.74) is -0.665. The first-order valence-corrected chi connectivity index (χ1v) is 18.4. The summed E-state index contributed by atoms with van der Waals surface area (Å²) in [7, 11) is 1.13. The molecule has 1 aliphatic heterocycles. The average Bonchev–Trinajstić information content (AvgIpc) is 3.20. The zero-order valence-electron chi connectivity index (χ0n) is 32.0. The number of nitrogens with zero attached hydrogens (tertiary/aromatic N) is 3. The first-order chi connectivity index (χ1) is 27.0. The lowest BCUT2D eigenvalue weighted by Gasteiger charge is -2.32. The molecule has 56 heavy (non-hydrogen) atoms. The number of methoxy groups -OCH3 is 1. The monoisotopic (exact) mass is 762 g/mol. The molecule has 0 fully saturated rings. The van der Waals surface area contributed by atoms with Gasteiger partial charge in [0.05, 0.1) is 58.2 Å². The van der Waals surface area contributed by atoms with Crippen molar-refractivity contribution in [2.24, 2.45) is 0 Å². The fraction of sp³-hybridized carbons (Fsp3) is 0.286. The van der Waals surface area contributed by atoms with Crippen LogP contribution in [0.2, 0.25) is 0 Å². The lowest BCUT2D eigenvalue weighted by atomic mass is 9.78. The molecule has 3 heterocycles. The Morgan fingerprint density at radius 3 is 1.68 bits per heavy atom. The quantitative estimate of drug-likeness (QED) is 0.0578. The van der Waals surface area contributed by atoms with Gasteiger partial charge in [-0.2, -0.15) is 0 Å². The largest absolute Gasteiger partial charge is 0.466 e. The predicted octanol–water partition coefficient (Wildman–Crippen LogP) is 6.75. The number of benzene rings is 3. The Morgan fingerprint density at radius 2 is 1.23 bits per heavy atom. The predicted molar refractivity (Wildman–Crippen MR) is 214 cm³/mol. The highest BCUT2D eigenvalue weighted by atomic mass is 16.6. The van der Waals surface area contributed by atoms with E-state index in [0.717, 1.165) is 44.7 Å². The number of nitrogens with one attached hydrogen (secondary N) is 1. The molecule has 290 valence electrons. The van der Waals surface area contributed by atoms with E-state index in [4.69, 9.17) is 18.3 Å². The van der Waals surface area contributed by atoms with Crippen LogP contribution in [0, 0.1) is 10.1 Å². The molecule has 0 spiro atoms. The number of hydrogen-bond donors (Lipinski definition) is 1. The summed E-state index contributed by atoms with van der Waals surface area (Å²) in [4.78, 5) is 71.9. The van der Waals surface area contributed by atoms with Gasteiger partial charge in [-0.05, 0) is 76.6 Å². The molecule has 1 N–H and O–H groups in total.